The Hall–Kier alpha value is -1.19. The maximum absolute atomic E-state index is 10.9. The first-order valence-electron chi connectivity index (χ1n) is 5.80. The second-order valence-corrected chi connectivity index (χ2v) is 5.36. The van der Waals surface area contributed by atoms with E-state index in [1.165, 1.54) is 15.6 Å². The Morgan fingerprint density at radius 1 is 1.35 bits per heavy atom. The number of thiophene rings is 1. The number of Topliss-reactive ketones (excluding diaryl/α,β-unsaturated/α-hetero) is 1. The van der Waals surface area contributed by atoms with Crippen molar-refractivity contribution in [2.45, 2.75) is 19.9 Å². The Kier molecular flexibility index (Phi) is 3.92. The largest absolute Gasteiger partial charge is 0.302 e. The number of ketones is 1. The molecule has 0 atom stereocenters. The fourth-order valence-corrected chi connectivity index (χ4v) is 2.83. The first-order chi connectivity index (χ1) is 8.16. The van der Waals surface area contributed by atoms with E-state index in [-0.39, 0.29) is 5.78 Å². The molecule has 0 saturated heterocycles. The molecule has 90 valence electrons. The predicted molar refractivity (Wildman–Crippen MR) is 73.5 cm³/mol. The van der Waals surface area contributed by atoms with E-state index in [2.05, 4.69) is 41.6 Å². The molecule has 2 aromatic rings. The van der Waals surface area contributed by atoms with Crippen LogP contribution in [0.1, 0.15) is 18.9 Å². The summed E-state index contributed by atoms with van der Waals surface area (Å²) in [4.78, 5) is 13.1. The number of hydrogen-bond acceptors (Lipinski definition) is 3. The van der Waals surface area contributed by atoms with Gasteiger partial charge in [-0.15, -0.1) is 11.3 Å². The van der Waals surface area contributed by atoms with Gasteiger partial charge in [0.15, 0.2) is 0 Å². The van der Waals surface area contributed by atoms with Crippen LogP contribution in [0, 0.1) is 0 Å². The maximum Gasteiger partial charge on any atom is 0.131 e. The predicted octanol–water partition coefficient (Wildman–Crippen LogP) is 3.31. The fourth-order valence-electron chi connectivity index (χ4n) is 1.87. The van der Waals surface area contributed by atoms with Crippen LogP contribution in [-0.2, 0) is 11.3 Å². The molecule has 1 heterocycles. The molecule has 0 aliphatic carbocycles. The molecular formula is C14H17NOS. The summed E-state index contributed by atoms with van der Waals surface area (Å²) < 4.78 is 1.34. The topological polar surface area (TPSA) is 20.3 Å². The van der Waals surface area contributed by atoms with Crippen molar-refractivity contribution < 1.29 is 4.79 Å². The minimum absolute atomic E-state index is 0.257. The number of nitrogens with zero attached hydrogens (tertiary/aromatic N) is 1. The molecular weight excluding hydrogens is 230 g/mol. The van der Waals surface area contributed by atoms with Crippen LogP contribution < -0.4 is 0 Å². The van der Waals surface area contributed by atoms with Gasteiger partial charge in [-0.3, -0.25) is 4.79 Å². The van der Waals surface area contributed by atoms with E-state index in [0.29, 0.717) is 6.42 Å². The van der Waals surface area contributed by atoms with E-state index in [1.807, 2.05) is 0 Å². The van der Waals surface area contributed by atoms with Crippen molar-refractivity contribution in [3.05, 3.63) is 35.2 Å². The lowest BCUT2D eigenvalue weighted by Gasteiger charge is -2.15. The Morgan fingerprint density at radius 2 is 2.12 bits per heavy atom. The number of hydrogen-bond donors (Lipinski definition) is 0. The zero-order chi connectivity index (χ0) is 12.3. The SMILES string of the molecule is CC(=O)CCN(C)Cc1csc2ccccc12. The van der Waals surface area contributed by atoms with Gasteiger partial charge in [0.25, 0.3) is 0 Å². The maximum atomic E-state index is 10.9. The van der Waals surface area contributed by atoms with E-state index in [0.717, 1.165) is 13.1 Å². The lowest BCUT2D eigenvalue weighted by atomic mass is 10.1. The van der Waals surface area contributed by atoms with Crippen molar-refractivity contribution >= 4 is 27.2 Å². The monoisotopic (exact) mass is 247 g/mol. The molecule has 0 radical (unpaired) electrons. The van der Waals surface area contributed by atoms with Crippen molar-refractivity contribution in [1.29, 1.82) is 0 Å². The van der Waals surface area contributed by atoms with Crippen molar-refractivity contribution in [2.24, 2.45) is 0 Å². The summed E-state index contributed by atoms with van der Waals surface area (Å²) in [6.07, 6.45) is 0.637. The van der Waals surface area contributed by atoms with Crippen LogP contribution in [0.25, 0.3) is 10.1 Å². The number of fused-ring (bicyclic) bond motifs is 1. The zero-order valence-electron chi connectivity index (χ0n) is 10.3. The molecule has 0 N–H and O–H groups in total. The van der Waals surface area contributed by atoms with Crippen LogP contribution in [0.15, 0.2) is 29.6 Å². The molecule has 1 aromatic heterocycles. The number of carbonyl (C=O) groups excluding carboxylic acids is 1. The third kappa shape index (κ3) is 3.14. The van der Waals surface area contributed by atoms with Gasteiger partial charge in [0.1, 0.15) is 5.78 Å². The Balaban J connectivity index is 2.05. The number of benzene rings is 1. The summed E-state index contributed by atoms with van der Waals surface area (Å²) in [5.74, 6) is 0.257. The highest BCUT2D eigenvalue weighted by Crippen LogP contribution is 2.26. The van der Waals surface area contributed by atoms with Crippen molar-refractivity contribution in [3.8, 4) is 0 Å². The number of carbonyl (C=O) groups is 1. The van der Waals surface area contributed by atoms with Gasteiger partial charge in [0.05, 0.1) is 0 Å². The molecule has 0 spiro atoms. The molecule has 0 aliphatic rings. The Morgan fingerprint density at radius 3 is 2.88 bits per heavy atom. The van der Waals surface area contributed by atoms with Crippen molar-refractivity contribution in [2.75, 3.05) is 13.6 Å². The van der Waals surface area contributed by atoms with E-state index in [4.69, 9.17) is 0 Å². The van der Waals surface area contributed by atoms with E-state index >= 15 is 0 Å². The standard InChI is InChI=1S/C14H17NOS/c1-11(16)7-8-15(2)9-12-10-17-14-6-4-3-5-13(12)14/h3-6,10H,7-9H2,1-2H3. The van der Waals surface area contributed by atoms with Gasteiger partial charge in [-0.05, 0) is 36.4 Å². The fraction of sp³-hybridized carbons (Fsp3) is 0.357. The van der Waals surface area contributed by atoms with Crippen molar-refractivity contribution in [3.63, 3.8) is 0 Å². The normalized spacial score (nSPS) is 11.2. The highest BCUT2D eigenvalue weighted by atomic mass is 32.1. The molecule has 0 saturated carbocycles. The van der Waals surface area contributed by atoms with Gasteiger partial charge in [-0.1, -0.05) is 18.2 Å². The highest BCUT2D eigenvalue weighted by Gasteiger charge is 2.06. The molecule has 0 fully saturated rings. The summed E-state index contributed by atoms with van der Waals surface area (Å²) in [6, 6.07) is 8.47. The van der Waals surface area contributed by atoms with Gasteiger partial charge >= 0.3 is 0 Å². The summed E-state index contributed by atoms with van der Waals surface area (Å²) >= 11 is 1.79. The van der Waals surface area contributed by atoms with E-state index in [9.17, 15) is 4.79 Å². The summed E-state index contributed by atoms with van der Waals surface area (Å²) in [6.45, 7) is 3.39. The zero-order valence-corrected chi connectivity index (χ0v) is 11.1. The van der Waals surface area contributed by atoms with Gasteiger partial charge in [-0.2, -0.15) is 0 Å². The molecule has 2 rings (SSSR count). The minimum atomic E-state index is 0.257. The molecule has 1 aromatic carbocycles. The Bertz CT molecular complexity index is 518. The molecule has 0 bridgehead atoms. The first kappa shape index (κ1) is 12.3. The summed E-state index contributed by atoms with van der Waals surface area (Å²) in [5.41, 5.74) is 1.36. The van der Waals surface area contributed by atoms with Crippen LogP contribution >= 0.6 is 11.3 Å². The van der Waals surface area contributed by atoms with Crippen LogP contribution in [0.5, 0.6) is 0 Å². The van der Waals surface area contributed by atoms with Gasteiger partial charge in [0.2, 0.25) is 0 Å². The Labute approximate surface area is 106 Å². The van der Waals surface area contributed by atoms with E-state index < -0.39 is 0 Å². The van der Waals surface area contributed by atoms with Gasteiger partial charge in [0, 0.05) is 24.2 Å². The second kappa shape index (κ2) is 5.43. The second-order valence-electron chi connectivity index (χ2n) is 4.45. The van der Waals surface area contributed by atoms with Crippen LogP contribution in [0.4, 0.5) is 0 Å². The van der Waals surface area contributed by atoms with Crippen LogP contribution in [0.2, 0.25) is 0 Å². The lowest BCUT2D eigenvalue weighted by molar-refractivity contribution is -0.117. The van der Waals surface area contributed by atoms with Gasteiger partial charge < -0.3 is 4.90 Å². The molecule has 0 unspecified atom stereocenters. The molecule has 2 nitrogen and oxygen atoms in total. The summed E-state index contributed by atoms with van der Waals surface area (Å²) in [7, 11) is 2.06. The average Bonchev–Trinajstić information content (AvgIpc) is 2.70. The lowest BCUT2D eigenvalue weighted by Crippen LogP contribution is -2.20. The smallest absolute Gasteiger partial charge is 0.131 e. The third-order valence-corrected chi connectivity index (χ3v) is 3.86. The minimum Gasteiger partial charge on any atom is -0.302 e. The molecule has 17 heavy (non-hydrogen) atoms. The van der Waals surface area contributed by atoms with Crippen LogP contribution in [0.3, 0.4) is 0 Å². The number of rotatable bonds is 5. The van der Waals surface area contributed by atoms with Gasteiger partial charge in [-0.25, -0.2) is 0 Å². The first-order valence-corrected chi connectivity index (χ1v) is 6.68. The molecule has 0 amide bonds. The van der Waals surface area contributed by atoms with E-state index in [1.54, 1.807) is 18.3 Å². The third-order valence-electron chi connectivity index (χ3n) is 2.85. The van der Waals surface area contributed by atoms with Crippen molar-refractivity contribution in [1.82, 2.24) is 4.90 Å². The average molecular weight is 247 g/mol. The van der Waals surface area contributed by atoms with Crippen LogP contribution in [-0.4, -0.2) is 24.3 Å². The highest BCUT2D eigenvalue weighted by molar-refractivity contribution is 7.17. The quantitative estimate of drug-likeness (QED) is 0.808. The molecule has 3 heteroatoms. The summed E-state index contributed by atoms with van der Waals surface area (Å²) in [5, 5.41) is 3.56. The molecule has 0 aliphatic heterocycles.